The first-order valence-electron chi connectivity index (χ1n) is 4.79. The van der Waals surface area contributed by atoms with Crippen LogP contribution in [0.1, 0.15) is 12.5 Å². The lowest BCUT2D eigenvalue weighted by Crippen LogP contribution is -2.20. The van der Waals surface area contributed by atoms with Crippen LogP contribution in [0.15, 0.2) is 22.7 Å². The van der Waals surface area contributed by atoms with Crippen molar-refractivity contribution >= 4 is 33.5 Å². The lowest BCUT2D eigenvalue weighted by atomic mass is 10.1. The zero-order valence-electron chi connectivity index (χ0n) is 8.67. The molecular weight excluding hydrogens is 298 g/mol. The van der Waals surface area contributed by atoms with Gasteiger partial charge in [-0.25, -0.2) is 4.39 Å². The summed E-state index contributed by atoms with van der Waals surface area (Å²) in [7, 11) is 0. The predicted molar refractivity (Wildman–Crippen MR) is 64.1 cm³/mol. The first-order valence-corrected chi connectivity index (χ1v) is 6.02. The number of ether oxygens (including phenoxy) is 1. The highest BCUT2D eigenvalue weighted by molar-refractivity contribution is 9.10. The minimum absolute atomic E-state index is 0.125. The quantitative estimate of drug-likeness (QED) is 0.630. The number of esters is 1. The highest BCUT2D eigenvalue weighted by atomic mass is 79.9. The van der Waals surface area contributed by atoms with Gasteiger partial charge in [0.15, 0.2) is 0 Å². The van der Waals surface area contributed by atoms with Crippen molar-refractivity contribution < 1.29 is 13.9 Å². The number of halogens is 3. The smallest absolute Gasteiger partial charge is 0.324 e. The molecule has 88 valence electrons. The molecule has 2 nitrogen and oxygen atoms in total. The van der Waals surface area contributed by atoms with Crippen molar-refractivity contribution in [1.29, 1.82) is 0 Å². The molecule has 0 spiro atoms. The third kappa shape index (κ3) is 3.76. The molecule has 0 aliphatic rings. The molecule has 1 rings (SSSR count). The van der Waals surface area contributed by atoms with E-state index in [1.54, 1.807) is 19.1 Å². The van der Waals surface area contributed by atoms with Crippen molar-refractivity contribution in [2.24, 2.45) is 0 Å². The van der Waals surface area contributed by atoms with Gasteiger partial charge in [-0.2, -0.15) is 0 Å². The summed E-state index contributed by atoms with van der Waals surface area (Å²) in [6.45, 7) is 1.96. The minimum atomic E-state index is -0.851. The summed E-state index contributed by atoms with van der Waals surface area (Å²) in [5.41, 5.74) is 0.399. The Labute approximate surface area is 107 Å². The van der Waals surface area contributed by atoms with E-state index in [1.165, 1.54) is 6.07 Å². The van der Waals surface area contributed by atoms with Crippen LogP contribution in [0.3, 0.4) is 0 Å². The molecule has 5 heteroatoms. The molecule has 1 aromatic rings. The Morgan fingerprint density at radius 1 is 1.62 bits per heavy atom. The summed E-state index contributed by atoms with van der Waals surface area (Å²) in [6, 6.07) is 4.63. The van der Waals surface area contributed by atoms with E-state index in [1.807, 2.05) is 0 Å². The van der Waals surface area contributed by atoms with Crippen molar-refractivity contribution in [2.75, 3.05) is 6.61 Å². The van der Waals surface area contributed by atoms with Crippen LogP contribution in [0.4, 0.5) is 4.39 Å². The summed E-state index contributed by atoms with van der Waals surface area (Å²) in [5.74, 6) is -0.907. The van der Waals surface area contributed by atoms with Gasteiger partial charge in [-0.05, 0) is 24.6 Å². The first-order chi connectivity index (χ1) is 7.54. The van der Waals surface area contributed by atoms with E-state index in [2.05, 4.69) is 15.9 Å². The summed E-state index contributed by atoms with van der Waals surface area (Å²) >= 11 is 8.96. The molecular formula is C11H11BrClFO2. The van der Waals surface area contributed by atoms with E-state index in [-0.39, 0.29) is 18.8 Å². The van der Waals surface area contributed by atoms with Gasteiger partial charge in [-0.1, -0.05) is 22.0 Å². The Morgan fingerprint density at radius 2 is 2.31 bits per heavy atom. The van der Waals surface area contributed by atoms with Crippen LogP contribution in [0.5, 0.6) is 0 Å². The van der Waals surface area contributed by atoms with Gasteiger partial charge in [-0.15, -0.1) is 11.6 Å². The molecule has 0 saturated carbocycles. The number of hydrogen-bond donors (Lipinski definition) is 0. The summed E-state index contributed by atoms with van der Waals surface area (Å²) in [6.07, 6.45) is 0.125. The standard InChI is InChI=1S/C11H11BrClFO2/c1-2-16-11(15)9(13)5-7-3-4-8(12)6-10(7)14/h3-4,6,9H,2,5H2,1H3. The molecule has 0 heterocycles. The van der Waals surface area contributed by atoms with Gasteiger partial charge >= 0.3 is 5.97 Å². The summed E-state index contributed by atoms with van der Waals surface area (Å²) in [5, 5.41) is -0.851. The topological polar surface area (TPSA) is 26.3 Å². The van der Waals surface area contributed by atoms with E-state index in [0.717, 1.165) is 0 Å². The molecule has 1 unspecified atom stereocenters. The van der Waals surface area contributed by atoms with Crippen LogP contribution in [-0.4, -0.2) is 18.0 Å². The van der Waals surface area contributed by atoms with Crippen LogP contribution >= 0.6 is 27.5 Å². The number of benzene rings is 1. The van der Waals surface area contributed by atoms with Gasteiger partial charge in [0.05, 0.1) is 6.61 Å². The Hall–Kier alpha value is -0.610. The summed E-state index contributed by atoms with van der Waals surface area (Å²) in [4.78, 5) is 11.2. The zero-order valence-corrected chi connectivity index (χ0v) is 11.0. The number of carbonyl (C=O) groups is 1. The van der Waals surface area contributed by atoms with Gasteiger partial charge in [-0.3, -0.25) is 4.79 Å². The van der Waals surface area contributed by atoms with E-state index in [4.69, 9.17) is 16.3 Å². The van der Waals surface area contributed by atoms with Gasteiger partial charge in [0.1, 0.15) is 11.2 Å². The minimum Gasteiger partial charge on any atom is -0.465 e. The zero-order chi connectivity index (χ0) is 12.1. The van der Waals surface area contributed by atoms with Crippen LogP contribution in [0.2, 0.25) is 0 Å². The monoisotopic (exact) mass is 308 g/mol. The summed E-state index contributed by atoms with van der Waals surface area (Å²) < 4.78 is 18.8. The molecule has 0 radical (unpaired) electrons. The normalized spacial score (nSPS) is 12.2. The Bertz CT molecular complexity index is 384. The molecule has 1 aromatic carbocycles. The lowest BCUT2D eigenvalue weighted by molar-refractivity contribution is -0.142. The van der Waals surface area contributed by atoms with Gasteiger partial charge < -0.3 is 4.74 Å². The van der Waals surface area contributed by atoms with Crippen LogP contribution in [0.25, 0.3) is 0 Å². The second kappa shape index (κ2) is 6.21. The number of alkyl halides is 1. The maximum Gasteiger partial charge on any atom is 0.324 e. The number of carbonyl (C=O) groups excluding carboxylic acids is 1. The second-order valence-corrected chi connectivity index (χ2v) is 4.60. The van der Waals surface area contributed by atoms with Crippen LogP contribution in [0, 0.1) is 5.82 Å². The fourth-order valence-electron chi connectivity index (χ4n) is 1.20. The van der Waals surface area contributed by atoms with E-state index < -0.39 is 11.3 Å². The van der Waals surface area contributed by atoms with E-state index in [9.17, 15) is 9.18 Å². The fourth-order valence-corrected chi connectivity index (χ4v) is 1.76. The van der Waals surface area contributed by atoms with Gasteiger partial charge in [0, 0.05) is 10.9 Å². The van der Waals surface area contributed by atoms with Crippen molar-refractivity contribution in [3.8, 4) is 0 Å². The largest absolute Gasteiger partial charge is 0.465 e. The molecule has 0 fully saturated rings. The number of hydrogen-bond acceptors (Lipinski definition) is 2. The average Bonchev–Trinajstić information content (AvgIpc) is 2.22. The average molecular weight is 310 g/mol. The molecule has 1 atom stereocenters. The Balaban J connectivity index is 2.69. The molecule has 0 bridgehead atoms. The fraction of sp³-hybridized carbons (Fsp3) is 0.364. The molecule has 0 amide bonds. The van der Waals surface area contributed by atoms with Crippen molar-refractivity contribution in [3.63, 3.8) is 0 Å². The van der Waals surface area contributed by atoms with Crippen molar-refractivity contribution in [2.45, 2.75) is 18.7 Å². The van der Waals surface area contributed by atoms with Crippen molar-refractivity contribution in [1.82, 2.24) is 0 Å². The van der Waals surface area contributed by atoms with E-state index >= 15 is 0 Å². The van der Waals surface area contributed by atoms with Crippen molar-refractivity contribution in [3.05, 3.63) is 34.1 Å². The first kappa shape index (κ1) is 13.5. The number of rotatable bonds is 4. The Kier molecular flexibility index (Phi) is 5.22. The lowest BCUT2D eigenvalue weighted by Gasteiger charge is -2.09. The highest BCUT2D eigenvalue weighted by Gasteiger charge is 2.18. The molecule has 0 aliphatic heterocycles. The molecule has 0 aromatic heterocycles. The van der Waals surface area contributed by atoms with Gasteiger partial charge in [0.25, 0.3) is 0 Å². The molecule has 16 heavy (non-hydrogen) atoms. The second-order valence-electron chi connectivity index (χ2n) is 3.16. The van der Waals surface area contributed by atoms with Crippen LogP contribution < -0.4 is 0 Å². The van der Waals surface area contributed by atoms with Gasteiger partial charge in [0.2, 0.25) is 0 Å². The third-order valence-electron chi connectivity index (χ3n) is 1.96. The Morgan fingerprint density at radius 3 is 2.88 bits per heavy atom. The maximum atomic E-state index is 13.4. The van der Waals surface area contributed by atoms with E-state index in [0.29, 0.717) is 10.0 Å². The third-order valence-corrected chi connectivity index (χ3v) is 2.78. The molecule has 0 aliphatic carbocycles. The maximum absolute atomic E-state index is 13.4. The SMILES string of the molecule is CCOC(=O)C(Cl)Cc1ccc(Br)cc1F. The predicted octanol–water partition coefficient (Wildman–Crippen LogP) is 3.30. The molecule has 0 N–H and O–H groups in total. The highest BCUT2D eigenvalue weighted by Crippen LogP contribution is 2.18. The van der Waals surface area contributed by atoms with Crippen LogP contribution in [-0.2, 0) is 16.0 Å². The molecule has 0 saturated heterocycles.